The third-order valence-corrected chi connectivity index (χ3v) is 3.72. The minimum atomic E-state index is -0.187. The molecule has 2 aromatic heterocycles. The summed E-state index contributed by atoms with van der Waals surface area (Å²) in [7, 11) is 1.64. The summed E-state index contributed by atoms with van der Waals surface area (Å²) in [6.07, 6.45) is 1.80. The number of methoxy groups -OCH3 is 1. The molecule has 2 N–H and O–H groups in total. The number of fused-ring (bicyclic) bond motifs is 1. The molecule has 0 saturated carbocycles. The summed E-state index contributed by atoms with van der Waals surface area (Å²) in [6, 6.07) is 7.57. The zero-order chi connectivity index (χ0) is 16.2. The highest BCUT2D eigenvalue weighted by Crippen LogP contribution is 2.14. The molecule has 0 aliphatic carbocycles. The molecule has 0 unspecified atom stereocenters. The number of H-pyrrole nitrogens is 1. The molecule has 0 fully saturated rings. The van der Waals surface area contributed by atoms with Crippen LogP contribution in [-0.2, 0) is 17.9 Å². The topological polar surface area (TPSA) is 84.8 Å². The first-order valence-electron chi connectivity index (χ1n) is 7.42. The van der Waals surface area contributed by atoms with E-state index in [9.17, 15) is 4.79 Å². The van der Waals surface area contributed by atoms with Crippen LogP contribution in [0.2, 0.25) is 0 Å². The minimum absolute atomic E-state index is 0.187. The van der Waals surface area contributed by atoms with E-state index in [1.165, 1.54) is 0 Å². The van der Waals surface area contributed by atoms with Gasteiger partial charge in [-0.05, 0) is 13.0 Å². The Hall–Kier alpha value is -2.67. The van der Waals surface area contributed by atoms with Crippen molar-refractivity contribution in [2.75, 3.05) is 13.7 Å². The van der Waals surface area contributed by atoms with Gasteiger partial charge in [-0.25, -0.2) is 4.98 Å². The van der Waals surface area contributed by atoms with Crippen molar-refractivity contribution in [3.63, 3.8) is 0 Å². The van der Waals surface area contributed by atoms with E-state index < -0.39 is 0 Å². The van der Waals surface area contributed by atoms with Crippen LogP contribution in [0.4, 0.5) is 0 Å². The van der Waals surface area contributed by atoms with E-state index >= 15 is 0 Å². The average Bonchev–Trinajstić information content (AvgIpc) is 3.13. The van der Waals surface area contributed by atoms with E-state index in [1.54, 1.807) is 13.3 Å². The fraction of sp³-hybridized carbons (Fsp3) is 0.312. The highest BCUT2D eigenvalue weighted by Gasteiger charge is 2.13. The maximum Gasteiger partial charge on any atom is 0.272 e. The molecule has 0 aliphatic rings. The number of aryl methyl sites for hydroxylation is 1. The SMILES string of the molecule is COCc1ncc(C)n1CCNC(=O)c1n[nH]c2ccccc12. The van der Waals surface area contributed by atoms with Gasteiger partial charge in [-0.3, -0.25) is 9.89 Å². The molecule has 1 amide bonds. The second-order valence-electron chi connectivity index (χ2n) is 5.27. The van der Waals surface area contributed by atoms with E-state index in [0.717, 1.165) is 22.4 Å². The molecule has 0 radical (unpaired) electrons. The summed E-state index contributed by atoms with van der Waals surface area (Å²) in [5, 5.41) is 10.7. The van der Waals surface area contributed by atoms with Crippen LogP contribution < -0.4 is 5.32 Å². The first-order chi connectivity index (χ1) is 11.2. The van der Waals surface area contributed by atoms with Gasteiger partial charge in [0.05, 0.1) is 5.52 Å². The highest BCUT2D eigenvalue weighted by molar-refractivity contribution is 6.04. The average molecular weight is 313 g/mol. The number of para-hydroxylation sites is 1. The number of amides is 1. The molecule has 2 heterocycles. The number of hydrogen-bond acceptors (Lipinski definition) is 4. The van der Waals surface area contributed by atoms with Crippen LogP contribution in [0.3, 0.4) is 0 Å². The van der Waals surface area contributed by atoms with Gasteiger partial charge in [0.2, 0.25) is 0 Å². The maximum absolute atomic E-state index is 12.3. The van der Waals surface area contributed by atoms with Crippen molar-refractivity contribution in [1.82, 2.24) is 25.1 Å². The molecule has 1 aromatic carbocycles. The molecule has 7 heteroatoms. The number of imidazole rings is 1. The van der Waals surface area contributed by atoms with Crippen LogP contribution in [-0.4, -0.2) is 39.3 Å². The third-order valence-electron chi connectivity index (χ3n) is 3.72. The summed E-state index contributed by atoms with van der Waals surface area (Å²) in [4.78, 5) is 16.6. The van der Waals surface area contributed by atoms with E-state index in [1.807, 2.05) is 35.8 Å². The van der Waals surface area contributed by atoms with E-state index in [-0.39, 0.29) is 5.91 Å². The van der Waals surface area contributed by atoms with Crippen molar-refractivity contribution in [1.29, 1.82) is 0 Å². The zero-order valence-electron chi connectivity index (χ0n) is 13.2. The zero-order valence-corrected chi connectivity index (χ0v) is 13.2. The number of nitrogens with zero attached hydrogens (tertiary/aromatic N) is 3. The monoisotopic (exact) mass is 313 g/mol. The molecular weight excluding hydrogens is 294 g/mol. The van der Waals surface area contributed by atoms with Gasteiger partial charge in [0.1, 0.15) is 12.4 Å². The van der Waals surface area contributed by atoms with E-state index in [2.05, 4.69) is 20.5 Å². The van der Waals surface area contributed by atoms with Gasteiger partial charge in [0.25, 0.3) is 5.91 Å². The minimum Gasteiger partial charge on any atom is -0.377 e. The normalized spacial score (nSPS) is 11.0. The van der Waals surface area contributed by atoms with Crippen molar-refractivity contribution in [2.45, 2.75) is 20.1 Å². The maximum atomic E-state index is 12.3. The Morgan fingerprint density at radius 1 is 1.39 bits per heavy atom. The predicted octanol–water partition coefficient (Wildman–Crippen LogP) is 1.64. The molecule has 23 heavy (non-hydrogen) atoms. The van der Waals surface area contributed by atoms with Crippen LogP contribution in [0, 0.1) is 6.92 Å². The largest absolute Gasteiger partial charge is 0.377 e. The number of rotatable bonds is 6. The number of carbonyl (C=O) groups is 1. The highest BCUT2D eigenvalue weighted by atomic mass is 16.5. The molecule has 7 nitrogen and oxygen atoms in total. The summed E-state index contributed by atoms with van der Waals surface area (Å²) in [6.45, 7) is 3.56. The number of ether oxygens (including phenoxy) is 1. The standard InChI is InChI=1S/C16H19N5O2/c1-11-9-18-14(10-23-2)21(11)8-7-17-16(22)15-12-5-3-4-6-13(12)19-20-15/h3-6,9H,7-8,10H2,1-2H3,(H,17,22)(H,19,20). The fourth-order valence-corrected chi connectivity index (χ4v) is 2.56. The van der Waals surface area contributed by atoms with Crippen molar-refractivity contribution in [2.24, 2.45) is 0 Å². The van der Waals surface area contributed by atoms with Crippen LogP contribution in [0.5, 0.6) is 0 Å². The number of benzene rings is 1. The Kier molecular flexibility index (Phi) is 4.38. The molecule has 3 rings (SSSR count). The molecular formula is C16H19N5O2. The van der Waals surface area contributed by atoms with Gasteiger partial charge in [-0.15, -0.1) is 0 Å². The first-order valence-corrected chi connectivity index (χ1v) is 7.42. The second-order valence-corrected chi connectivity index (χ2v) is 5.27. The molecule has 0 aliphatic heterocycles. The lowest BCUT2D eigenvalue weighted by Crippen LogP contribution is -2.28. The molecule has 0 spiro atoms. The Labute approximate surface area is 133 Å². The van der Waals surface area contributed by atoms with Gasteiger partial charge in [-0.1, -0.05) is 18.2 Å². The summed E-state index contributed by atoms with van der Waals surface area (Å²) < 4.78 is 7.17. The lowest BCUT2D eigenvalue weighted by atomic mass is 10.2. The van der Waals surface area contributed by atoms with Gasteiger partial charge in [0, 0.05) is 37.5 Å². The molecule has 3 aromatic rings. The van der Waals surface area contributed by atoms with E-state index in [4.69, 9.17) is 4.74 Å². The quantitative estimate of drug-likeness (QED) is 0.724. The van der Waals surface area contributed by atoms with Gasteiger partial charge < -0.3 is 14.6 Å². The number of aromatic nitrogens is 4. The van der Waals surface area contributed by atoms with Crippen LogP contribution in [0.1, 0.15) is 22.0 Å². The van der Waals surface area contributed by atoms with Gasteiger partial charge in [-0.2, -0.15) is 5.10 Å². The van der Waals surface area contributed by atoms with Crippen molar-refractivity contribution in [3.8, 4) is 0 Å². The summed E-state index contributed by atoms with van der Waals surface area (Å²) in [5.41, 5.74) is 2.31. The van der Waals surface area contributed by atoms with Crippen molar-refractivity contribution >= 4 is 16.8 Å². The van der Waals surface area contributed by atoms with Crippen LogP contribution >= 0.6 is 0 Å². The number of aromatic amines is 1. The molecule has 0 saturated heterocycles. The first kappa shape index (κ1) is 15.2. The lowest BCUT2D eigenvalue weighted by Gasteiger charge is -2.10. The lowest BCUT2D eigenvalue weighted by molar-refractivity contribution is 0.0948. The Balaban J connectivity index is 1.65. The van der Waals surface area contributed by atoms with Crippen molar-refractivity contribution < 1.29 is 9.53 Å². The smallest absolute Gasteiger partial charge is 0.272 e. The Morgan fingerprint density at radius 2 is 2.22 bits per heavy atom. The van der Waals surface area contributed by atoms with Crippen LogP contribution in [0.25, 0.3) is 10.9 Å². The fourth-order valence-electron chi connectivity index (χ4n) is 2.56. The second kappa shape index (κ2) is 6.62. The molecule has 0 atom stereocenters. The predicted molar refractivity (Wildman–Crippen MR) is 86.1 cm³/mol. The number of carbonyl (C=O) groups excluding carboxylic acids is 1. The summed E-state index contributed by atoms with van der Waals surface area (Å²) >= 11 is 0. The molecule has 120 valence electrons. The summed E-state index contributed by atoms with van der Waals surface area (Å²) in [5.74, 6) is 0.665. The Morgan fingerprint density at radius 3 is 3.04 bits per heavy atom. The van der Waals surface area contributed by atoms with Crippen LogP contribution in [0.15, 0.2) is 30.5 Å². The van der Waals surface area contributed by atoms with Gasteiger partial charge >= 0.3 is 0 Å². The van der Waals surface area contributed by atoms with E-state index in [0.29, 0.717) is 25.4 Å². The third kappa shape index (κ3) is 3.09. The molecule has 0 bridgehead atoms. The van der Waals surface area contributed by atoms with Crippen molar-refractivity contribution in [3.05, 3.63) is 47.7 Å². The number of hydrogen-bond donors (Lipinski definition) is 2. The number of nitrogens with one attached hydrogen (secondary N) is 2. The van der Waals surface area contributed by atoms with Gasteiger partial charge in [0.15, 0.2) is 5.69 Å². The Bertz CT molecular complexity index is 821.